The van der Waals surface area contributed by atoms with E-state index >= 15 is 0 Å². The van der Waals surface area contributed by atoms with Crippen LogP contribution in [-0.4, -0.2) is 28.9 Å². The van der Waals surface area contributed by atoms with Crippen molar-refractivity contribution in [3.8, 4) is 0 Å². The third-order valence-electron chi connectivity index (χ3n) is 2.42. The number of carbonyl (C=O) groups excluding carboxylic acids is 1. The van der Waals surface area contributed by atoms with E-state index in [0.29, 0.717) is 18.2 Å². The van der Waals surface area contributed by atoms with Crippen LogP contribution < -0.4 is 5.32 Å². The van der Waals surface area contributed by atoms with Crippen LogP contribution in [0.3, 0.4) is 0 Å². The zero-order valence-electron chi connectivity index (χ0n) is 10.8. The number of alkyl halides is 2. The first-order valence-electron chi connectivity index (χ1n) is 5.93. The van der Waals surface area contributed by atoms with Crippen LogP contribution in [0.1, 0.15) is 30.6 Å². The third kappa shape index (κ3) is 5.57. The second-order valence-electron chi connectivity index (χ2n) is 4.33. The van der Waals surface area contributed by atoms with E-state index in [-0.39, 0.29) is 16.5 Å². The fourth-order valence-corrected chi connectivity index (χ4v) is 2.36. The van der Waals surface area contributed by atoms with Crippen LogP contribution in [0.15, 0.2) is 29.2 Å². The number of thioether (sulfide) groups is 1. The standard InChI is InChI=1S/C13H17F2NO2S/c1-8(7-9(2)17)16-12(18)10-5-3-4-6-11(10)19-13(14)15/h3-6,8-9,13,17H,7H2,1-2H3,(H,16,18). The van der Waals surface area contributed by atoms with Crippen LogP contribution in [0.2, 0.25) is 0 Å². The lowest BCUT2D eigenvalue weighted by Crippen LogP contribution is -2.34. The smallest absolute Gasteiger partial charge is 0.288 e. The normalized spacial score (nSPS) is 14.2. The van der Waals surface area contributed by atoms with Gasteiger partial charge in [-0.2, -0.15) is 8.78 Å². The number of hydrogen-bond acceptors (Lipinski definition) is 3. The summed E-state index contributed by atoms with van der Waals surface area (Å²) in [6.45, 7) is 3.39. The van der Waals surface area contributed by atoms with Crippen molar-refractivity contribution in [2.24, 2.45) is 0 Å². The van der Waals surface area contributed by atoms with Crippen LogP contribution in [0, 0.1) is 0 Å². The molecule has 0 aliphatic rings. The van der Waals surface area contributed by atoms with Crippen molar-refractivity contribution in [1.82, 2.24) is 5.32 Å². The number of carbonyl (C=O) groups is 1. The topological polar surface area (TPSA) is 49.3 Å². The van der Waals surface area contributed by atoms with E-state index < -0.39 is 17.8 Å². The third-order valence-corrected chi connectivity index (χ3v) is 3.21. The summed E-state index contributed by atoms with van der Waals surface area (Å²) in [7, 11) is 0. The number of aliphatic hydroxyl groups is 1. The molecule has 2 unspecified atom stereocenters. The van der Waals surface area contributed by atoms with E-state index in [9.17, 15) is 18.7 Å². The molecule has 106 valence electrons. The predicted molar refractivity (Wildman–Crippen MR) is 71.5 cm³/mol. The summed E-state index contributed by atoms with van der Waals surface area (Å²) in [5.41, 5.74) is 0.227. The van der Waals surface area contributed by atoms with Crippen LogP contribution in [0.25, 0.3) is 0 Å². The van der Waals surface area contributed by atoms with E-state index in [1.807, 2.05) is 0 Å². The Kier molecular flexibility index (Phi) is 6.24. The van der Waals surface area contributed by atoms with Gasteiger partial charge >= 0.3 is 0 Å². The Morgan fingerprint density at radius 3 is 2.58 bits per heavy atom. The van der Waals surface area contributed by atoms with E-state index in [1.54, 1.807) is 26.0 Å². The average molecular weight is 289 g/mol. The van der Waals surface area contributed by atoms with Gasteiger partial charge in [-0.3, -0.25) is 4.79 Å². The molecule has 1 aromatic carbocycles. The van der Waals surface area contributed by atoms with E-state index in [0.717, 1.165) is 0 Å². The molecule has 0 aliphatic carbocycles. The van der Waals surface area contributed by atoms with Gasteiger partial charge in [0.15, 0.2) is 0 Å². The predicted octanol–water partition coefficient (Wildman–Crippen LogP) is 2.89. The number of amides is 1. The Bertz CT molecular complexity index is 427. The summed E-state index contributed by atoms with van der Waals surface area (Å²) in [6.07, 6.45) is -0.114. The lowest BCUT2D eigenvalue weighted by Gasteiger charge is -2.16. The van der Waals surface area contributed by atoms with Crippen molar-refractivity contribution in [3.63, 3.8) is 0 Å². The molecule has 0 spiro atoms. The van der Waals surface area contributed by atoms with Gasteiger partial charge in [0.1, 0.15) is 0 Å². The van der Waals surface area contributed by atoms with Gasteiger partial charge in [0.25, 0.3) is 11.7 Å². The molecule has 0 heterocycles. The maximum absolute atomic E-state index is 12.4. The largest absolute Gasteiger partial charge is 0.393 e. The summed E-state index contributed by atoms with van der Waals surface area (Å²) in [5.74, 6) is -2.97. The number of rotatable bonds is 6. The first-order valence-corrected chi connectivity index (χ1v) is 6.81. The van der Waals surface area contributed by atoms with Crippen molar-refractivity contribution in [2.75, 3.05) is 0 Å². The van der Waals surface area contributed by atoms with Crippen LogP contribution >= 0.6 is 11.8 Å². The molecule has 0 aromatic heterocycles. The first-order chi connectivity index (χ1) is 8.90. The molecular weight excluding hydrogens is 272 g/mol. The minimum atomic E-state index is -2.57. The molecule has 0 fully saturated rings. The number of aliphatic hydroxyl groups excluding tert-OH is 1. The second-order valence-corrected chi connectivity index (χ2v) is 5.37. The molecular formula is C13H17F2NO2S. The van der Waals surface area contributed by atoms with Crippen molar-refractivity contribution < 1.29 is 18.7 Å². The van der Waals surface area contributed by atoms with Gasteiger partial charge in [-0.25, -0.2) is 0 Å². The number of halogens is 2. The van der Waals surface area contributed by atoms with E-state index in [4.69, 9.17) is 0 Å². The number of benzene rings is 1. The molecule has 0 saturated heterocycles. The van der Waals surface area contributed by atoms with Gasteiger partial charge < -0.3 is 10.4 Å². The molecule has 0 bridgehead atoms. The molecule has 1 aromatic rings. The molecule has 2 N–H and O–H groups in total. The van der Waals surface area contributed by atoms with Gasteiger partial charge in [-0.15, -0.1) is 0 Å². The summed E-state index contributed by atoms with van der Waals surface area (Å²) in [4.78, 5) is 12.2. The molecule has 6 heteroatoms. The zero-order chi connectivity index (χ0) is 14.4. The molecule has 0 radical (unpaired) electrons. The van der Waals surface area contributed by atoms with Gasteiger partial charge in [-0.05, 0) is 32.4 Å². The summed E-state index contributed by atoms with van der Waals surface area (Å²) >= 11 is 0.351. The maximum atomic E-state index is 12.4. The first kappa shape index (κ1) is 15.9. The highest BCUT2D eigenvalue weighted by Gasteiger charge is 2.17. The second kappa shape index (κ2) is 7.45. The maximum Gasteiger partial charge on any atom is 0.288 e. The van der Waals surface area contributed by atoms with Gasteiger partial charge in [0.05, 0.1) is 11.7 Å². The SMILES string of the molecule is CC(O)CC(C)NC(=O)c1ccccc1SC(F)F. The average Bonchev–Trinajstić information content (AvgIpc) is 2.27. The molecule has 19 heavy (non-hydrogen) atoms. The molecule has 2 atom stereocenters. The highest BCUT2D eigenvalue weighted by Crippen LogP contribution is 2.28. The van der Waals surface area contributed by atoms with E-state index in [2.05, 4.69) is 5.32 Å². The Morgan fingerprint density at radius 1 is 1.37 bits per heavy atom. The Hall–Kier alpha value is -1.14. The number of hydrogen-bond donors (Lipinski definition) is 2. The van der Waals surface area contributed by atoms with Gasteiger partial charge in [0, 0.05) is 10.9 Å². The highest BCUT2D eigenvalue weighted by atomic mass is 32.2. The molecule has 0 aliphatic heterocycles. The summed E-state index contributed by atoms with van der Waals surface area (Å²) < 4.78 is 24.8. The highest BCUT2D eigenvalue weighted by molar-refractivity contribution is 7.99. The van der Waals surface area contributed by atoms with Gasteiger partial charge in [0.2, 0.25) is 0 Å². The minimum Gasteiger partial charge on any atom is -0.393 e. The van der Waals surface area contributed by atoms with Crippen LogP contribution in [-0.2, 0) is 0 Å². The van der Waals surface area contributed by atoms with Crippen molar-refractivity contribution in [2.45, 2.75) is 43.1 Å². The molecule has 1 rings (SSSR count). The van der Waals surface area contributed by atoms with Gasteiger partial charge in [-0.1, -0.05) is 23.9 Å². The number of nitrogens with one attached hydrogen (secondary N) is 1. The van der Waals surface area contributed by atoms with Crippen molar-refractivity contribution in [1.29, 1.82) is 0 Å². The van der Waals surface area contributed by atoms with Crippen LogP contribution in [0.5, 0.6) is 0 Å². The van der Waals surface area contributed by atoms with E-state index in [1.165, 1.54) is 12.1 Å². The quantitative estimate of drug-likeness (QED) is 0.792. The van der Waals surface area contributed by atoms with Crippen molar-refractivity contribution in [3.05, 3.63) is 29.8 Å². The fraction of sp³-hybridized carbons (Fsp3) is 0.462. The molecule has 0 saturated carbocycles. The minimum absolute atomic E-state index is 0.225. The molecule has 3 nitrogen and oxygen atoms in total. The Morgan fingerprint density at radius 2 is 2.00 bits per heavy atom. The summed E-state index contributed by atoms with van der Waals surface area (Å²) in [6, 6.07) is 6.02. The van der Waals surface area contributed by atoms with Crippen LogP contribution in [0.4, 0.5) is 8.78 Å². The lowest BCUT2D eigenvalue weighted by atomic mass is 10.1. The fourth-order valence-electron chi connectivity index (χ4n) is 1.73. The molecule has 1 amide bonds. The Balaban J connectivity index is 2.76. The lowest BCUT2D eigenvalue weighted by molar-refractivity contribution is 0.0920. The summed E-state index contributed by atoms with van der Waals surface area (Å²) in [5, 5.41) is 11.9. The zero-order valence-corrected chi connectivity index (χ0v) is 11.6. The Labute approximate surface area is 115 Å². The monoisotopic (exact) mass is 289 g/mol. The van der Waals surface area contributed by atoms with Crippen molar-refractivity contribution >= 4 is 17.7 Å².